The second-order valence-electron chi connectivity index (χ2n) is 6.30. The van der Waals surface area contributed by atoms with E-state index in [1.54, 1.807) is 16.2 Å². The lowest BCUT2D eigenvalue weighted by Gasteiger charge is -2.15. The fourth-order valence-electron chi connectivity index (χ4n) is 3.24. The molecule has 3 nitrogen and oxygen atoms in total. The summed E-state index contributed by atoms with van der Waals surface area (Å²) >= 11 is 1.61. The van der Waals surface area contributed by atoms with Crippen molar-refractivity contribution in [1.82, 2.24) is 4.90 Å². The van der Waals surface area contributed by atoms with Gasteiger partial charge in [0.2, 0.25) is 0 Å². The van der Waals surface area contributed by atoms with Crippen LogP contribution in [0.25, 0.3) is 10.4 Å². The molecule has 0 radical (unpaired) electrons. The van der Waals surface area contributed by atoms with E-state index in [-0.39, 0.29) is 5.91 Å². The number of hydrogen-bond donors (Lipinski definition) is 0. The number of carbonyl (C=O) groups is 1. The predicted molar refractivity (Wildman–Crippen MR) is 96.4 cm³/mol. The molecule has 0 atom stereocenters. The zero-order valence-electron chi connectivity index (χ0n) is 13.8. The molecule has 24 heavy (non-hydrogen) atoms. The number of rotatable bonds is 3. The molecule has 0 spiro atoms. The van der Waals surface area contributed by atoms with Crippen LogP contribution >= 0.6 is 11.3 Å². The van der Waals surface area contributed by atoms with Crippen LogP contribution in [0, 0.1) is 6.92 Å². The third-order valence-electron chi connectivity index (χ3n) is 4.48. The van der Waals surface area contributed by atoms with Crippen LogP contribution in [0.3, 0.4) is 0 Å². The molecule has 0 saturated carbocycles. The molecule has 0 bridgehead atoms. The van der Waals surface area contributed by atoms with E-state index in [4.69, 9.17) is 4.42 Å². The maximum atomic E-state index is 12.8. The lowest BCUT2D eigenvalue weighted by Crippen LogP contribution is -2.25. The smallest absolute Gasteiger partial charge is 0.264 e. The van der Waals surface area contributed by atoms with Gasteiger partial charge in [-0.15, -0.1) is 11.3 Å². The molecule has 2 heterocycles. The molecule has 1 aliphatic rings. The van der Waals surface area contributed by atoms with Gasteiger partial charge in [-0.25, -0.2) is 0 Å². The van der Waals surface area contributed by atoms with Crippen LogP contribution in [-0.2, 0) is 19.4 Å². The van der Waals surface area contributed by atoms with Gasteiger partial charge in [0.25, 0.3) is 5.91 Å². The van der Waals surface area contributed by atoms with E-state index in [0.717, 1.165) is 29.2 Å². The topological polar surface area (TPSA) is 33.5 Å². The fourth-order valence-corrected chi connectivity index (χ4v) is 4.51. The van der Waals surface area contributed by atoms with Crippen molar-refractivity contribution in [1.29, 1.82) is 0 Å². The quantitative estimate of drug-likeness (QED) is 0.695. The number of nitrogens with zero attached hydrogens (tertiary/aromatic N) is 1. The Morgan fingerprint density at radius 2 is 1.96 bits per heavy atom. The van der Waals surface area contributed by atoms with Gasteiger partial charge in [-0.1, -0.05) is 24.3 Å². The number of carbonyl (C=O) groups excluding carboxylic acids is 1. The van der Waals surface area contributed by atoms with Gasteiger partial charge in [0, 0.05) is 11.9 Å². The molecule has 1 amide bonds. The number of fused-ring (bicyclic) bond motifs is 3. The average Bonchev–Trinajstić information content (AvgIpc) is 3.20. The van der Waals surface area contributed by atoms with Crippen LogP contribution < -0.4 is 0 Å². The summed E-state index contributed by atoms with van der Waals surface area (Å²) in [7, 11) is 1.83. The highest BCUT2D eigenvalue weighted by molar-refractivity contribution is 7.17. The Bertz CT molecular complexity index is 906. The van der Waals surface area contributed by atoms with Gasteiger partial charge in [-0.05, 0) is 54.7 Å². The number of hydrogen-bond acceptors (Lipinski definition) is 3. The van der Waals surface area contributed by atoms with Gasteiger partial charge >= 0.3 is 0 Å². The molecule has 3 aromatic rings. The van der Waals surface area contributed by atoms with E-state index in [1.807, 2.05) is 26.1 Å². The van der Waals surface area contributed by atoms with Gasteiger partial charge in [0.05, 0.1) is 11.4 Å². The largest absolute Gasteiger partial charge is 0.464 e. The summed E-state index contributed by atoms with van der Waals surface area (Å²) in [5.41, 5.74) is 3.96. The first kappa shape index (κ1) is 15.2. The maximum absolute atomic E-state index is 12.8. The molecule has 4 rings (SSSR count). The van der Waals surface area contributed by atoms with Crippen LogP contribution in [0.5, 0.6) is 0 Å². The maximum Gasteiger partial charge on any atom is 0.264 e. The van der Waals surface area contributed by atoms with Gasteiger partial charge in [-0.2, -0.15) is 0 Å². The standard InChI is InChI=1S/C20H19NO2S/c1-13-7-10-16(23-13)12-21(2)20(22)18-11-15-9-8-14-5-3-4-6-17(14)19(15)24-18/h3-7,10-11H,8-9,12H2,1-2H3. The number of thiophene rings is 1. The number of amides is 1. The van der Waals surface area contributed by atoms with Crippen LogP contribution in [-0.4, -0.2) is 17.9 Å². The van der Waals surface area contributed by atoms with Gasteiger partial charge in [0.15, 0.2) is 0 Å². The van der Waals surface area contributed by atoms with Crippen molar-refractivity contribution in [2.75, 3.05) is 7.05 Å². The van der Waals surface area contributed by atoms with Crippen LogP contribution in [0.4, 0.5) is 0 Å². The third kappa shape index (κ3) is 2.67. The average molecular weight is 337 g/mol. The molecule has 4 heteroatoms. The molecule has 1 aromatic carbocycles. The second-order valence-corrected chi connectivity index (χ2v) is 7.35. The van der Waals surface area contributed by atoms with Crippen molar-refractivity contribution in [3.05, 3.63) is 70.0 Å². The van der Waals surface area contributed by atoms with Crippen LogP contribution in [0.2, 0.25) is 0 Å². The number of furan rings is 1. The highest BCUT2D eigenvalue weighted by Crippen LogP contribution is 2.39. The van der Waals surface area contributed by atoms with Crippen molar-refractivity contribution in [2.45, 2.75) is 26.3 Å². The fraction of sp³-hybridized carbons (Fsp3) is 0.250. The van der Waals surface area contributed by atoms with Crippen molar-refractivity contribution < 1.29 is 9.21 Å². The molecule has 0 unspecified atom stereocenters. The zero-order chi connectivity index (χ0) is 16.7. The summed E-state index contributed by atoms with van der Waals surface area (Å²) in [6, 6.07) is 14.4. The normalized spacial score (nSPS) is 12.6. The minimum atomic E-state index is 0.0564. The third-order valence-corrected chi connectivity index (χ3v) is 5.68. The Balaban J connectivity index is 1.59. The molecule has 0 fully saturated rings. The van der Waals surface area contributed by atoms with Crippen molar-refractivity contribution in [3.8, 4) is 10.4 Å². The summed E-state index contributed by atoms with van der Waals surface area (Å²) in [5, 5.41) is 0. The Morgan fingerprint density at radius 1 is 1.17 bits per heavy atom. The van der Waals surface area contributed by atoms with Crippen molar-refractivity contribution in [3.63, 3.8) is 0 Å². The SMILES string of the molecule is Cc1ccc(CN(C)C(=O)c2cc3c(s2)-c2ccccc2CC3)o1. The van der Waals surface area contributed by atoms with E-state index in [0.29, 0.717) is 6.54 Å². The lowest BCUT2D eigenvalue weighted by atomic mass is 9.91. The summed E-state index contributed by atoms with van der Waals surface area (Å²) < 4.78 is 5.58. The zero-order valence-corrected chi connectivity index (χ0v) is 14.7. The monoisotopic (exact) mass is 337 g/mol. The van der Waals surface area contributed by atoms with Crippen LogP contribution in [0.15, 0.2) is 46.9 Å². The summed E-state index contributed by atoms with van der Waals surface area (Å²) in [4.78, 5) is 16.6. The van der Waals surface area contributed by atoms with Crippen LogP contribution in [0.1, 0.15) is 32.3 Å². The Labute approximate surface area is 145 Å². The van der Waals surface area contributed by atoms with Gasteiger partial charge in [-0.3, -0.25) is 4.79 Å². The minimum absolute atomic E-state index is 0.0564. The Kier molecular flexibility index (Phi) is 3.77. The first-order chi connectivity index (χ1) is 11.6. The van der Waals surface area contributed by atoms with Crippen molar-refractivity contribution in [2.24, 2.45) is 0 Å². The minimum Gasteiger partial charge on any atom is -0.464 e. The van der Waals surface area contributed by atoms with Crippen molar-refractivity contribution >= 4 is 17.2 Å². The van der Waals surface area contributed by atoms with Gasteiger partial charge < -0.3 is 9.32 Å². The highest BCUT2D eigenvalue weighted by atomic mass is 32.1. The summed E-state index contributed by atoms with van der Waals surface area (Å²) in [6.45, 7) is 2.40. The van der Waals surface area contributed by atoms with E-state index in [9.17, 15) is 4.79 Å². The molecule has 2 aromatic heterocycles. The molecule has 0 N–H and O–H groups in total. The second kappa shape index (κ2) is 5.95. The van der Waals surface area contributed by atoms with E-state index >= 15 is 0 Å². The number of aryl methyl sites for hydroxylation is 3. The molecule has 0 saturated heterocycles. The molecule has 1 aliphatic carbocycles. The van der Waals surface area contributed by atoms with E-state index in [1.165, 1.54) is 21.6 Å². The summed E-state index contributed by atoms with van der Waals surface area (Å²) in [6.07, 6.45) is 2.06. The molecular weight excluding hydrogens is 318 g/mol. The van der Waals surface area contributed by atoms with Gasteiger partial charge in [0.1, 0.15) is 11.5 Å². The Morgan fingerprint density at radius 3 is 2.75 bits per heavy atom. The van der Waals surface area contributed by atoms with E-state index in [2.05, 4.69) is 30.3 Å². The first-order valence-electron chi connectivity index (χ1n) is 8.13. The molecule has 122 valence electrons. The predicted octanol–water partition coefficient (Wildman–Crippen LogP) is 4.69. The number of benzene rings is 1. The van der Waals surface area contributed by atoms with E-state index < -0.39 is 0 Å². The Hall–Kier alpha value is -2.33. The summed E-state index contributed by atoms with van der Waals surface area (Å²) in [5.74, 6) is 1.74. The molecular formula is C20H19NO2S. The lowest BCUT2D eigenvalue weighted by molar-refractivity contribution is 0.0779. The highest BCUT2D eigenvalue weighted by Gasteiger charge is 2.23. The molecule has 0 aliphatic heterocycles. The first-order valence-corrected chi connectivity index (χ1v) is 8.95.